The number of carbonyl (C=O) groups is 1. The van der Waals surface area contributed by atoms with Gasteiger partial charge in [0.05, 0.1) is 5.92 Å². The van der Waals surface area contributed by atoms with Crippen molar-refractivity contribution in [2.24, 2.45) is 23.7 Å². The van der Waals surface area contributed by atoms with Gasteiger partial charge in [-0.05, 0) is 85.3 Å². The molecule has 0 bridgehead atoms. The number of hydrogen-bond donors (Lipinski definition) is 0. The Morgan fingerprint density at radius 1 is 0.861 bits per heavy atom. The quantitative estimate of drug-likeness (QED) is 0.285. The van der Waals surface area contributed by atoms with E-state index in [2.05, 4.69) is 26.0 Å². The van der Waals surface area contributed by atoms with Gasteiger partial charge in [-0.25, -0.2) is 4.39 Å². The molecule has 2 nitrogen and oxygen atoms in total. The first-order valence-electron chi connectivity index (χ1n) is 14.7. The third-order valence-electron chi connectivity index (χ3n) is 9.67. The van der Waals surface area contributed by atoms with Gasteiger partial charge in [0.15, 0.2) is 11.6 Å². The van der Waals surface area contributed by atoms with Crippen LogP contribution in [0.4, 0.5) is 4.39 Å². The molecule has 2 saturated carbocycles. The van der Waals surface area contributed by atoms with E-state index in [0.29, 0.717) is 23.8 Å². The lowest BCUT2D eigenvalue weighted by atomic mass is 9.72. The number of benzene rings is 2. The largest absolute Gasteiger partial charge is 0.423 e. The molecule has 1 atom stereocenters. The standard InChI is InChI=1S/C33H43FO2/c1-3-5-6-23-9-13-27(14-10-23)30-21-28-19-20-29(31(34)32(28)36-33(30)35)26-17-15-25(16-18-26)24-11-7-22(4-2)8-12-24/h15-20,22-24,27,30H,3-14,21H2,1-2H3. The number of carbonyl (C=O) groups excluding carboxylic acids is 1. The Kier molecular flexibility index (Phi) is 8.13. The molecule has 0 N–H and O–H groups in total. The summed E-state index contributed by atoms with van der Waals surface area (Å²) >= 11 is 0. The van der Waals surface area contributed by atoms with Gasteiger partial charge in [0.1, 0.15) is 0 Å². The Bertz CT molecular complexity index is 1030. The first kappa shape index (κ1) is 25.5. The lowest BCUT2D eigenvalue weighted by Gasteiger charge is -2.35. The number of halogens is 1. The molecule has 36 heavy (non-hydrogen) atoms. The summed E-state index contributed by atoms with van der Waals surface area (Å²) in [5, 5.41) is 0. The molecule has 0 radical (unpaired) electrons. The van der Waals surface area contributed by atoms with Gasteiger partial charge < -0.3 is 4.74 Å². The minimum absolute atomic E-state index is 0.128. The summed E-state index contributed by atoms with van der Waals surface area (Å²) in [7, 11) is 0. The fraction of sp³-hybridized carbons (Fsp3) is 0.606. The Hall–Kier alpha value is -2.16. The van der Waals surface area contributed by atoms with Crippen molar-refractivity contribution < 1.29 is 13.9 Å². The van der Waals surface area contributed by atoms with Crippen LogP contribution in [0.25, 0.3) is 11.1 Å². The number of rotatable bonds is 7. The van der Waals surface area contributed by atoms with Crippen LogP contribution in [0.5, 0.6) is 5.75 Å². The Balaban J connectivity index is 1.26. The van der Waals surface area contributed by atoms with Crippen molar-refractivity contribution in [3.8, 4) is 16.9 Å². The summed E-state index contributed by atoms with van der Waals surface area (Å²) in [4.78, 5) is 13.0. The van der Waals surface area contributed by atoms with Crippen molar-refractivity contribution >= 4 is 5.97 Å². The first-order valence-corrected chi connectivity index (χ1v) is 14.7. The molecule has 0 aromatic heterocycles. The maximum atomic E-state index is 15.6. The zero-order chi connectivity index (χ0) is 25.1. The SMILES string of the molecule is CCCCC1CCC(C2Cc3ccc(-c4ccc(C5CCC(CC)CC5)cc4)c(F)c3OC2=O)CC1. The number of esters is 1. The Morgan fingerprint density at radius 3 is 2.22 bits per heavy atom. The lowest BCUT2D eigenvalue weighted by molar-refractivity contribution is -0.143. The molecule has 5 rings (SSSR count). The topological polar surface area (TPSA) is 26.3 Å². The van der Waals surface area contributed by atoms with Crippen LogP contribution in [0.3, 0.4) is 0 Å². The highest BCUT2D eigenvalue weighted by molar-refractivity contribution is 5.80. The van der Waals surface area contributed by atoms with Gasteiger partial charge in [-0.15, -0.1) is 0 Å². The van der Waals surface area contributed by atoms with E-state index in [1.165, 1.54) is 69.8 Å². The van der Waals surface area contributed by atoms with Crippen molar-refractivity contribution in [2.45, 2.75) is 103 Å². The van der Waals surface area contributed by atoms with Crippen LogP contribution in [-0.2, 0) is 11.2 Å². The Morgan fingerprint density at radius 2 is 1.56 bits per heavy atom. The molecule has 0 amide bonds. The normalized spacial score (nSPS) is 28.4. The van der Waals surface area contributed by atoms with Crippen LogP contribution < -0.4 is 4.74 Å². The van der Waals surface area contributed by atoms with Gasteiger partial charge in [-0.1, -0.05) is 88.8 Å². The molecule has 0 spiro atoms. The molecule has 0 saturated heterocycles. The van der Waals surface area contributed by atoms with Gasteiger partial charge >= 0.3 is 5.97 Å². The minimum Gasteiger partial charge on any atom is -0.423 e. The third-order valence-corrected chi connectivity index (χ3v) is 9.67. The molecule has 2 aromatic rings. The van der Waals surface area contributed by atoms with E-state index >= 15 is 4.39 Å². The zero-order valence-electron chi connectivity index (χ0n) is 22.2. The molecule has 3 aliphatic rings. The monoisotopic (exact) mass is 490 g/mol. The maximum absolute atomic E-state index is 15.6. The van der Waals surface area contributed by atoms with Crippen LogP contribution in [0.2, 0.25) is 0 Å². The molecule has 1 heterocycles. The van der Waals surface area contributed by atoms with E-state index in [9.17, 15) is 4.79 Å². The third kappa shape index (κ3) is 5.41. The van der Waals surface area contributed by atoms with Crippen LogP contribution in [0.1, 0.15) is 108 Å². The number of hydrogen-bond acceptors (Lipinski definition) is 2. The number of ether oxygens (including phenoxy) is 1. The van der Waals surface area contributed by atoms with E-state index in [-0.39, 0.29) is 17.6 Å². The molecule has 2 aromatic carbocycles. The average Bonchev–Trinajstić information content (AvgIpc) is 2.93. The minimum atomic E-state index is -0.390. The lowest BCUT2D eigenvalue weighted by Crippen LogP contribution is -2.35. The second-order valence-electron chi connectivity index (χ2n) is 11.8. The molecule has 194 valence electrons. The van der Waals surface area contributed by atoms with Gasteiger partial charge in [0.2, 0.25) is 0 Å². The van der Waals surface area contributed by atoms with Gasteiger partial charge in [-0.3, -0.25) is 4.79 Å². The van der Waals surface area contributed by atoms with Crippen molar-refractivity contribution in [1.82, 2.24) is 0 Å². The first-order chi connectivity index (χ1) is 17.6. The van der Waals surface area contributed by atoms with E-state index in [1.54, 1.807) is 0 Å². The fourth-order valence-corrected chi connectivity index (χ4v) is 7.16. The summed E-state index contributed by atoms with van der Waals surface area (Å²) in [5.74, 6) is 2.09. The molecule has 1 aliphatic heterocycles. The van der Waals surface area contributed by atoms with Crippen LogP contribution in [-0.4, -0.2) is 5.97 Å². The van der Waals surface area contributed by atoms with Gasteiger partial charge in [0.25, 0.3) is 0 Å². The second kappa shape index (κ2) is 11.5. The van der Waals surface area contributed by atoms with Gasteiger partial charge in [0, 0.05) is 5.56 Å². The second-order valence-corrected chi connectivity index (χ2v) is 11.8. The van der Waals surface area contributed by atoms with Crippen molar-refractivity contribution in [2.75, 3.05) is 0 Å². The highest BCUT2D eigenvalue weighted by Crippen LogP contribution is 2.43. The maximum Gasteiger partial charge on any atom is 0.315 e. The van der Waals surface area contributed by atoms with Crippen molar-refractivity contribution in [3.05, 3.63) is 53.3 Å². The number of fused-ring (bicyclic) bond motifs is 1. The molecular weight excluding hydrogens is 447 g/mol. The van der Waals surface area contributed by atoms with E-state index in [4.69, 9.17) is 4.74 Å². The summed E-state index contributed by atoms with van der Waals surface area (Å²) in [6.07, 6.45) is 15.5. The molecule has 2 fully saturated rings. The smallest absolute Gasteiger partial charge is 0.315 e. The fourth-order valence-electron chi connectivity index (χ4n) is 7.16. The summed E-state index contributed by atoms with van der Waals surface area (Å²) in [6, 6.07) is 12.3. The molecular formula is C33H43FO2. The molecule has 2 aliphatic carbocycles. The van der Waals surface area contributed by atoms with Gasteiger partial charge in [-0.2, -0.15) is 0 Å². The van der Waals surface area contributed by atoms with Crippen molar-refractivity contribution in [1.29, 1.82) is 0 Å². The van der Waals surface area contributed by atoms with E-state index in [0.717, 1.165) is 35.8 Å². The summed E-state index contributed by atoms with van der Waals surface area (Å²) in [5.41, 5.74) is 3.59. The van der Waals surface area contributed by atoms with Crippen molar-refractivity contribution in [3.63, 3.8) is 0 Å². The molecule has 1 unspecified atom stereocenters. The summed E-state index contributed by atoms with van der Waals surface area (Å²) in [6.45, 7) is 4.55. The predicted octanol–water partition coefficient (Wildman–Crippen LogP) is 9.25. The summed E-state index contributed by atoms with van der Waals surface area (Å²) < 4.78 is 21.3. The predicted molar refractivity (Wildman–Crippen MR) is 145 cm³/mol. The highest BCUT2D eigenvalue weighted by Gasteiger charge is 2.38. The zero-order valence-corrected chi connectivity index (χ0v) is 22.2. The van der Waals surface area contributed by atoms with E-state index in [1.807, 2.05) is 24.3 Å². The van der Waals surface area contributed by atoms with Crippen LogP contribution in [0.15, 0.2) is 36.4 Å². The number of unbranched alkanes of at least 4 members (excludes halogenated alkanes) is 1. The van der Waals surface area contributed by atoms with Crippen LogP contribution >= 0.6 is 0 Å². The highest BCUT2D eigenvalue weighted by atomic mass is 19.1. The van der Waals surface area contributed by atoms with E-state index < -0.39 is 5.82 Å². The Labute approximate surface area is 217 Å². The average molecular weight is 491 g/mol. The van der Waals surface area contributed by atoms with Crippen LogP contribution in [0, 0.1) is 29.5 Å². The molecule has 3 heteroatoms.